The Hall–Kier alpha value is -2.93. The second kappa shape index (κ2) is 8.90. The van der Waals surface area contributed by atoms with Crippen molar-refractivity contribution in [2.75, 3.05) is 24.6 Å². The summed E-state index contributed by atoms with van der Waals surface area (Å²) in [6.45, 7) is 7.11. The summed E-state index contributed by atoms with van der Waals surface area (Å²) in [5.74, 6) is -0.513. The molecule has 1 saturated heterocycles. The fraction of sp³-hybridized carbons (Fsp3) is 0.360. The summed E-state index contributed by atoms with van der Waals surface area (Å²) >= 11 is 0. The van der Waals surface area contributed by atoms with Gasteiger partial charge in [0.2, 0.25) is 9.84 Å². The number of esters is 1. The van der Waals surface area contributed by atoms with E-state index < -0.39 is 9.84 Å². The lowest BCUT2D eigenvalue weighted by Gasteiger charge is -2.35. The third kappa shape index (κ3) is 4.21. The summed E-state index contributed by atoms with van der Waals surface area (Å²) in [7, 11) is -3.81. The highest BCUT2D eigenvalue weighted by Gasteiger charge is 2.32. The normalized spacial score (nSPS) is 16.8. The minimum absolute atomic E-state index is 0.170. The third-order valence-corrected chi connectivity index (χ3v) is 7.71. The van der Waals surface area contributed by atoms with Crippen molar-refractivity contribution in [3.63, 3.8) is 0 Å². The monoisotopic (exact) mass is 452 g/mol. The highest BCUT2D eigenvalue weighted by Crippen LogP contribution is 2.38. The van der Waals surface area contributed by atoms with Gasteiger partial charge < -0.3 is 9.64 Å². The maximum absolute atomic E-state index is 13.7. The number of nitrogens with zero attached hydrogens (tertiary/aromatic N) is 2. The van der Waals surface area contributed by atoms with E-state index >= 15 is 0 Å². The Balaban J connectivity index is 1.88. The van der Waals surface area contributed by atoms with Crippen LogP contribution in [0.25, 0.3) is 10.9 Å². The second-order valence-corrected chi connectivity index (χ2v) is 10.3. The van der Waals surface area contributed by atoms with Gasteiger partial charge >= 0.3 is 5.97 Å². The lowest BCUT2D eigenvalue weighted by atomic mass is 9.97. The summed E-state index contributed by atoms with van der Waals surface area (Å²) in [5.41, 5.74) is 3.36. The first-order chi connectivity index (χ1) is 15.3. The zero-order chi connectivity index (χ0) is 22.9. The van der Waals surface area contributed by atoms with Gasteiger partial charge in [0.1, 0.15) is 4.90 Å². The van der Waals surface area contributed by atoms with Crippen molar-refractivity contribution >= 4 is 32.4 Å². The molecule has 6 nitrogen and oxygen atoms in total. The average molecular weight is 453 g/mol. The largest absolute Gasteiger partial charge is 0.466 e. The molecule has 1 aliphatic rings. The molecule has 3 aromatic rings. The topological polar surface area (TPSA) is 76.6 Å². The van der Waals surface area contributed by atoms with Gasteiger partial charge in [0.15, 0.2) is 0 Å². The maximum atomic E-state index is 13.7. The Kier molecular flexibility index (Phi) is 6.20. The molecule has 0 aliphatic carbocycles. The quantitative estimate of drug-likeness (QED) is 0.532. The molecule has 0 amide bonds. The molecule has 0 spiro atoms. The van der Waals surface area contributed by atoms with Crippen LogP contribution in [0.15, 0.2) is 58.5 Å². The van der Waals surface area contributed by atoms with Crippen LogP contribution in [0.3, 0.4) is 0 Å². The van der Waals surface area contributed by atoms with Crippen LogP contribution in [-0.4, -0.2) is 39.1 Å². The number of carbonyl (C=O) groups excluding carboxylic acids is 1. The molecule has 0 N–H and O–H groups in total. The molecule has 4 rings (SSSR count). The standard InChI is InChI=1S/C25H28N2O4S/c1-4-31-25(28)19-6-5-13-27(16-19)24-21-14-18(3)9-12-22(21)26-15-23(24)32(29,30)20-10-7-17(2)8-11-20/h7-12,14-15,19H,4-6,13,16H2,1-3H3/t19-/m1/s1. The van der Waals surface area contributed by atoms with Crippen molar-refractivity contribution in [1.29, 1.82) is 0 Å². The van der Waals surface area contributed by atoms with Crippen LogP contribution in [0.4, 0.5) is 5.69 Å². The molecule has 0 unspecified atom stereocenters. The molecule has 32 heavy (non-hydrogen) atoms. The van der Waals surface area contributed by atoms with Crippen LogP contribution >= 0.6 is 0 Å². The van der Waals surface area contributed by atoms with Crippen molar-refractivity contribution in [3.8, 4) is 0 Å². The summed E-state index contributed by atoms with van der Waals surface area (Å²) in [5, 5.41) is 0.780. The van der Waals surface area contributed by atoms with Crippen molar-refractivity contribution in [2.45, 2.75) is 43.4 Å². The molecule has 7 heteroatoms. The van der Waals surface area contributed by atoms with Gasteiger partial charge in [-0.15, -0.1) is 0 Å². The Bertz CT molecular complexity index is 1250. The molecule has 0 radical (unpaired) electrons. The van der Waals surface area contributed by atoms with E-state index in [0.717, 1.165) is 34.9 Å². The highest BCUT2D eigenvalue weighted by atomic mass is 32.2. The van der Waals surface area contributed by atoms with Gasteiger partial charge in [-0.3, -0.25) is 9.78 Å². The molecule has 1 aromatic heterocycles. The first-order valence-corrected chi connectivity index (χ1v) is 12.4. The lowest BCUT2D eigenvalue weighted by Crippen LogP contribution is -2.40. The average Bonchev–Trinajstić information content (AvgIpc) is 2.78. The first-order valence-electron chi connectivity index (χ1n) is 10.9. The van der Waals surface area contributed by atoms with E-state index in [4.69, 9.17) is 4.74 Å². The molecule has 1 fully saturated rings. The minimum Gasteiger partial charge on any atom is -0.466 e. The van der Waals surface area contributed by atoms with Crippen LogP contribution < -0.4 is 4.90 Å². The van der Waals surface area contributed by atoms with Crippen molar-refractivity contribution in [3.05, 3.63) is 59.8 Å². The van der Waals surface area contributed by atoms with E-state index in [1.54, 1.807) is 31.2 Å². The van der Waals surface area contributed by atoms with Crippen LogP contribution in [-0.2, 0) is 19.4 Å². The molecule has 0 saturated carbocycles. The second-order valence-electron chi connectivity index (χ2n) is 8.35. The highest BCUT2D eigenvalue weighted by molar-refractivity contribution is 7.91. The molecule has 0 bridgehead atoms. The number of aryl methyl sites for hydroxylation is 2. The van der Waals surface area contributed by atoms with Crippen LogP contribution in [0.1, 0.15) is 30.9 Å². The lowest BCUT2D eigenvalue weighted by molar-refractivity contribution is -0.148. The van der Waals surface area contributed by atoms with Crippen LogP contribution in [0.5, 0.6) is 0 Å². The van der Waals surface area contributed by atoms with Gasteiger partial charge in [-0.1, -0.05) is 29.3 Å². The van der Waals surface area contributed by atoms with E-state index in [9.17, 15) is 13.2 Å². The predicted octanol–water partition coefficient (Wildman–Crippen LogP) is 4.46. The number of pyridine rings is 1. The number of sulfone groups is 1. The van der Waals surface area contributed by atoms with E-state index in [2.05, 4.69) is 4.98 Å². The molecular weight excluding hydrogens is 424 g/mol. The van der Waals surface area contributed by atoms with Crippen molar-refractivity contribution < 1.29 is 17.9 Å². The Morgan fingerprint density at radius 2 is 1.84 bits per heavy atom. The summed E-state index contributed by atoms with van der Waals surface area (Å²) in [6, 6.07) is 12.7. The number of anilines is 1. The van der Waals surface area contributed by atoms with Gasteiger partial charge in [-0.05, 0) is 57.9 Å². The Morgan fingerprint density at radius 3 is 2.56 bits per heavy atom. The van der Waals surface area contributed by atoms with E-state index in [-0.39, 0.29) is 21.7 Å². The molecule has 1 atom stereocenters. The van der Waals surface area contributed by atoms with Gasteiger partial charge in [0.05, 0.1) is 28.6 Å². The number of hydrogen-bond donors (Lipinski definition) is 0. The fourth-order valence-corrected chi connectivity index (χ4v) is 5.71. The smallest absolute Gasteiger partial charge is 0.310 e. The van der Waals surface area contributed by atoms with Gasteiger partial charge in [0, 0.05) is 24.7 Å². The van der Waals surface area contributed by atoms with Crippen molar-refractivity contribution in [2.24, 2.45) is 5.92 Å². The van der Waals surface area contributed by atoms with E-state index in [0.29, 0.717) is 25.4 Å². The van der Waals surface area contributed by atoms with E-state index in [1.165, 1.54) is 6.20 Å². The molecule has 2 heterocycles. The minimum atomic E-state index is -3.81. The predicted molar refractivity (Wildman–Crippen MR) is 125 cm³/mol. The number of piperidine rings is 1. The zero-order valence-electron chi connectivity index (χ0n) is 18.7. The SMILES string of the molecule is CCOC(=O)[C@@H]1CCCN(c2c(S(=O)(=O)c3ccc(C)cc3)cnc3ccc(C)cc23)C1. The first kappa shape index (κ1) is 22.3. The fourth-order valence-electron chi connectivity index (χ4n) is 4.27. The van der Waals surface area contributed by atoms with Gasteiger partial charge in [0.25, 0.3) is 0 Å². The van der Waals surface area contributed by atoms with Crippen molar-refractivity contribution in [1.82, 2.24) is 4.98 Å². The zero-order valence-corrected chi connectivity index (χ0v) is 19.5. The Labute approximate surface area is 189 Å². The van der Waals surface area contributed by atoms with Gasteiger partial charge in [-0.2, -0.15) is 0 Å². The van der Waals surface area contributed by atoms with Crippen LogP contribution in [0.2, 0.25) is 0 Å². The van der Waals surface area contributed by atoms with E-state index in [1.807, 2.05) is 36.9 Å². The summed E-state index contributed by atoms with van der Waals surface area (Å²) in [4.78, 5) is 19.3. The summed E-state index contributed by atoms with van der Waals surface area (Å²) in [6.07, 6.45) is 2.97. The molecular formula is C25H28N2O4S. The Morgan fingerprint density at radius 1 is 1.12 bits per heavy atom. The number of fused-ring (bicyclic) bond motifs is 1. The number of rotatable bonds is 5. The number of hydrogen-bond acceptors (Lipinski definition) is 6. The summed E-state index contributed by atoms with van der Waals surface area (Å²) < 4.78 is 32.6. The van der Waals surface area contributed by atoms with Crippen LogP contribution in [0, 0.1) is 19.8 Å². The number of ether oxygens (including phenoxy) is 1. The number of benzene rings is 2. The molecule has 168 valence electrons. The third-order valence-electron chi connectivity index (χ3n) is 5.94. The van der Waals surface area contributed by atoms with Gasteiger partial charge in [-0.25, -0.2) is 8.42 Å². The number of carbonyl (C=O) groups is 1. The maximum Gasteiger partial charge on any atom is 0.310 e. The molecule has 2 aromatic carbocycles. The number of aromatic nitrogens is 1. The molecule has 1 aliphatic heterocycles.